The molecule has 21 heavy (non-hydrogen) atoms. The molecule has 0 atom stereocenters. The molecular formula is C13H11BrClNO3S2. The van der Waals surface area contributed by atoms with Crippen LogP contribution in [0.5, 0.6) is 0 Å². The predicted molar refractivity (Wildman–Crippen MR) is 87.4 cm³/mol. The molecule has 1 heterocycles. The van der Waals surface area contributed by atoms with Gasteiger partial charge in [-0.05, 0) is 36.8 Å². The van der Waals surface area contributed by atoms with Crippen LogP contribution in [-0.4, -0.2) is 14.3 Å². The minimum atomic E-state index is -3.71. The second kappa shape index (κ2) is 6.48. The van der Waals surface area contributed by atoms with Gasteiger partial charge in [0.15, 0.2) is 0 Å². The minimum absolute atomic E-state index is 0.0755. The molecule has 0 saturated heterocycles. The van der Waals surface area contributed by atoms with E-state index in [1.165, 1.54) is 6.07 Å². The van der Waals surface area contributed by atoms with Gasteiger partial charge < -0.3 is 5.32 Å². The molecule has 0 saturated carbocycles. The second-order valence-electron chi connectivity index (χ2n) is 4.31. The van der Waals surface area contributed by atoms with Crippen LogP contribution in [-0.2, 0) is 15.6 Å². The lowest BCUT2D eigenvalue weighted by molar-refractivity contribution is 0.0951. The summed E-state index contributed by atoms with van der Waals surface area (Å²) in [4.78, 5) is 12.7. The smallest absolute Gasteiger partial charge is 0.270 e. The lowest BCUT2D eigenvalue weighted by Gasteiger charge is -2.05. The molecule has 0 fully saturated rings. The van der Waals surface area contributed by atoms with Gasteiger partial charge in [-0.3, -0.25) is 4.79 Å². The molecule has 0 unspecified atom stereocenters. The van der Waals surface area contributed by atoms with Crippen molar-refractivity contribution in [2.45, 2.75) is 17.7 Å². The van der Waals surface area contributed by atoms with E-state index in [-0.39, 0.29) is 16.7 Å². The monoisotopic (exact) mass is 407 g/mol. The van der Waals surface area contributed by atoms with Crippen molar-refractivity contribution < 1.29 is 13.2 Å². The number of amides is 1. The zero-order chi connectivity index (χ0) is 15.6. The summed E-state index contributed by atoms with van der Waals surface area (Å²) in [6.07, 6.45) is 0. The van der Waals surface area contributed by atoms with Crippen molar-refractivity contribution in [3.8, 4) is 0 Å². The normalized spacial score (nSPS) is 11.4. The quantitative estimate of drug-likeness (QED) is 0.785. The van der Waals surface area contributed by atoms with Crippen molar-refractivity contribution in [2.24, 2.45) is 0 Å². The van der Waals surface area contributed by atoms with Crippen LogP contribution in [0.3, 0.4) is 0 Å². The predicted octanol–water partition coefficient (Wildman–Crippen LogP) is 3.68. The highest BCUT2D eigenvalue weighted by Crippen LogP contribution is 2.24. The summed E-state index contributed by atoms with van der Waals surface area (Å²) in [5.41, 5.74) is 1.58. The molecule has 1 aromatic carbocycles. The van der Waals surface area contributed by atoms with Gasteiger partial charge in [-0.2, -0.15) is 0 Å². The molecule has 1 amide bonds. The lowest BCUT2D eigenvalue weighted by atomic mass is 10.1. The number of hydrogen-bond donors (Lipinski definition) is 1. The summed E-state index contributed by atoms with van der Waals surface area (Å²) in [5.74, 6) is -0.223. The first-order valence-electron chi connectivity index (χ1n) is 5.85. The Morgan fingerprint density at radius 1 is 1.33 bits per heavy atom. The van der Waals surface area contributed by atoms with Gasteiger partial charge in [-0.25, -0.2) is 8.42 Å². The first kappa shape index (κ1) is 16.5. The van der Waals surface area contributed by atoms with Gasteiger partial charge in [-0.1, -0.05) is 22.0 Å². The molecule has 2 aromatic rings. The largest absolute Gasteiger partial charge is 0.347 e. The SMILES string of the molecule is Cc1ccc(C(=O)NCc2ccc(S(=O)(=O)Cl)s2)cc1Br. The molecule has 1 aromatic heterocycles. The summed E-state index contributed by atoms with van der Waals surface area (Å²) >= 11 is 4.41. The number of nitrogens with one attached hydrogen (secondary N) is 1. The van der Waals surface area contributed by atoms with Gasteiger partial charge in [0.2, 0.25) is 0 Å². The van der Waals surface area contributed by atoms with Crippen LogP contribution in [0.4, 0.5) is 0 Å². The Labute approximate surface area is 139 Å². The molecule has 1 N–H and O–H groups in total. The molecule has 112 valence electrons. The third-order valence-electron chi connectivity index (χ3n) is 2.73. The Morgan fingerprint density at radius 3 is 2.62 bits per heavy atom. The highest BCUT2D eigenvalue weighted by Gasteiger charge is 2.14. The Kier molecular flexibility index (Phi) is 5.08. The molecule has 8 heteroatoms. The van der Waals surface area contributed by atoms with Crippen LogP contribution < -0.4 is 5.32 Å². The van der Waals surface area contributed by atoms with Crippen molar-refractivity contribution in [3.05, 3.63) is 50.8 Å². The third-order valence-corrected chi connectivity index (χ3v) is 6.77. The molecule has 4 nitrogen and oxygen atoms in total. The Bertz CT molecular complexity index is 786. The van der Waals surface area contributed by atoms with E-state index in [9.17, 15) is 13.2 Å². The van der Waals surface area contributed by atoms with Crippen LogP contribution >= 0.6 is 37.9 Å². The van der Waals surface area contributed by atoms with Crippen LogP contribution in [0.1, 0.15) is 20.8 Å². The summed E-state index contributed by atoms with van der Waals surface area (Å²) in [6, 6.07) is 8.39. The fourth-order valence-electron chi connectivity index (χ4n) is 1.59. The number of thiophene rings is 1. The van der Waals surface area contributed by atoms with E-state index in [1.54, 1.807) is 18.2 Å². The number of carbonyl (C=O) groups is 1. The van der Waals surface area contributed by atoms with Gasteiger partial charge >= 0.3 is 0 Å². The summed E-state index contributed by atoms with van der Waals surface area (Å²) < 4.78 is 23.3. The van der Waals surface area contributed by atoms with Crippen LogP contribution in [0.15, 0.2) is 39.0 Å². The lowest BCUT2D eigenvalue weighted by Crippen LogP contribution is -2.22. The Morgan fingerprint density at radius 2 is 2.05 bits per heavy atom. The number of benzene rings is 1. The number of hydrogen-bond acceptors (Lipinski definition) is 4. The maximum atomic E-state index is 12.0. The van der Waals surface area contributed by atoms with E-state index in [0.717, 1.165) is 21.4 Å². The van der Waals surface area contributed by atoms with Crippen molar-refractivity contribution in [2.75, 3.05) is 0 Å². The third kappa shape index (κ3) is 4.29. The average Bonchev–Trinajstić information content (AvgIpc) is 2.88. The molecule has 0 aliphatic carbocycles. The average molecular weight is 409 g/mol. The second-order valence-corrected chi connectivity index (χ2v) is 9.12. The maximum absolute atomic E-state index is 12.0. The molecule has 0 radical (unpaired) electrons. The van der Waals surface area contributed by atoms with Crippen molar-refractivity contribution in [1.29, 1.82) is 0 Å². The van der Waals surface area contributed by atoms with E-state index in [4.69, 9.17) is 10.7 Å². The maximum Gasteiger partial charge on any atom is 0.270 e. The first-order valence-corrected chi connectivity index (χ1v) is 9.77. The number of aryl methyl sites for hydroxylation is 1. The minimum Gasteiger partial charge on any atom is -0.347 e. The first-order chi connectivity index (χ1) is 9.77. The number of rotatable bonds is 4. The molecule has 0 spiro atoms. The molecular weight excluding hydrogens is 398 g/mol. The van der Waals surface area contributed by atoms with E-state index in [0.29, 0.717) is 10.4 Å². The van der Waals surface area contributed by atoms with Crippen molar-refractivity contribution in [3.63, 3.8) is 0 Å². The van der Waals surface area contributed by atoms with Crippen LogP contribution in [0.2, 0.25) is 0 Å². The van der Waals surface area contributed by atoms with E-state index in [2.05, 4.69) is 21.2 Å². The van der Waals surface area contributed by atoms with Crippen molar-refractivity contribution >= 4 is 52.9 Å². The van der Waals surface area contributed by atoms with Gasteiger partial charge in [0.05, 0.1) is 6.54 Å². The zero-order valence-electron chi connectivity index (χ0n) is 10.9. The van der Waals surface area contributed by atoms with Gasteiger partial charge in [0, 0.05) is 25.6 Å². The van der Waals surface area contributed by atoms with Crippen molar-refractivity contribution in [1.82, 2.24) is 5.32 Å². The molecule has 0 bridgehead atoms. The van der Waals surface area contributed by atoms with E-state index in [1.807, 2.05) is 13.0 Å². The summed E-state index contributed by atoms with van der Waals surface area (Å²) in [7, 11) is 1.54. The molecule has 0 aliphatic heterocycles. The highest BCUT2D eigenvalue weighted by molar-refractivity contribution is 9.10. The zero-order valence-corrected chi connectivity index (χ0v) is 14.9. The van der Waals surface area contributed by atoms with Crippen LogP contribution in [0.25, 0.3) is 0 Å². The standard InChI is InChI=1S/C13H11BrClNO3S2/c1-8-2-3-9(6-11(8)14)13(17)16-7-10-4-5-12(20-10)21(15,18)19/h2-6H,7H2,1H3,(H,16,17). The molecule has 2 rings (SSSR count). The summed E-state index contributed by atoms with van der Waals surface area (Å²) in [5, 5.41) is 2.74. The fraction of sp³-hybridized carbons (Fsp3) is 0.154. The van der Waals surface area contributed by atoms with Crippen LogP contribution in [0, 0.1) is 6.92 Å². The molecule has 0 aliphatic rings. The van der Waals surface area contributed by atoms with E-state index >= 15 is 0 Å². The Balaban J connectivity index is 2.04. The highest BCUT2D eigenvalue weighted by atomic mass is 79.9. The summed E-state index contributed by atoms with van der Waals surface area (Å²) in [6.45, 7) is 2.19. The van der Waals surface area contributed by atoms with Gasteiger partial charge in [-0.15, -0.1) is 11.3 Å². The van der Waals surface area contributed by atoms with Gasteiger partial charge in [0.25, 0.3) is 15.0 Å². The Hall–Kier alpha value is -0.890. The topological polar surface area (TPSA) is 63.2 Å². The number of carbonyl (C=O) groups excluding carboxylic acids is 1. The number of halogens is 2. The fourth-order valence-corrected chi connectivity index (χ4v) is 4.03. The van der Waals surface area contributed by atoms with E-state index < -0.39 is 9.05 Å². The van der Waals surface area contributed by atoms with Gasteiger partial charge in [0.1, 0.15) is 4.21 Å².